The van der Waals surface area contributed by atoms with Gasteiger partial charge in [0.25, 0.3) is 0 Å². The van der Waals surface area contributed by atoms with Crippen LogP contribution in [-0.2, 0) is 0 Å². The molecule has 2 aromatic rings. The third-order valence-electron chi connectivity index (χ3n) is 7.65. The van der Waals surface area contributed by atoms with Crippen molar-refractivity contribution >= 4 is 25.2 Å². The van der Waals surface area contributed by atoms with Crippen molar-refractivity contribution in [1.82, 2.24) is 4.98 Å². The van der Waals surface area contributed by atoms with E-state index < -0.39 is 8.24 Å². The topological polar surface area (TPSA) is 12.0 Å². The van der Waals surface area contributed by atoms with E-state index in [4.69, 9.17) is 0 Å². The average Bonchev–Trinajstić information content (AvgIpc) is 3.15. The summed E-state index contributed by atoms with van der Waals surface area (Å²) in [6, 6.07) is 18.5. The second-order valence-electron chi connectivity index (χ2n) is 11.2. The molecule has 1 N–H and O–H groups in total. The Balaban J connectivity index is 1.87. The second kappa shape index (κ2) is 7.83. The number of thioether (sulfide) groups is 1. The van der Waals surface area contributed by atoms with Crippen molar-refractivity contribution in [3.05, 3.63) is 59.7 Å². The van der Waals surface area contributed by atoms with Gasteiger partial charge in [0, 0.05) is 21.6 Å². The van der Waals surface area contributed by atoms with Crippen molar-refractivity contribution in [2.75, 3.05) is 0 Å². The lowest BCUT2D eigenvalue weighted by Crippen LogP contribution is -2.68. The van der Waals surface area contributed by atoms with Crippen molar-refractivity contribution in [2.45, 2.75) is 88.1 Å². The molecule has 6 unspecified atom stereocenters. The van der Waals surface area contributed by atoms with Crippen LogP contribution in [0.15, 0.2) is 53.4 Å². The molecule has 1 nitrogen and oxygen atoms in total. The number of fused-ring (bicyclic) bond motifs is 3. The number of benzene rings is 2. The standard InChI is InChI=1S/C27H39NSSi/c1-17(2)20-13-10-12-16-23(20)30(8,28-27(5,6)7)26-19(4)18(3)24-21-14-9-11-15-22(21)29-25(24)26/h9-19,24-26,28H,1-8H3. The van der Waals surface area contributed by atoms with Crippen LogP contribution in [0.4, 0.5) is 0 Å². The molecule has 0 amide bonds. The first kappa shape index (κ1) is 22.2. The minimum atomic E-state index is -2.04. The number of hydrogen-bond donors (Lipinski definition) is 1. The van der Waals surface area contributed by atoms with Crippen LogP contribution in [0, 0.1) is 11.8 Å². The molecular weight excluding hydrogens is 398 g/mol. The van der Waals surface area contributed by atoms with Gasteiger partial charge in [-0.05, 0) is 66.4 Å². The molecule has 1 fully saturated rings. The Hall–Kier alpha value is -1.03. The van der Waals surface area contributed by atoms with Crippen LogP contribution in [0.1, 0.15) is 71.4 Å². The van der Waals surface area contributed by atoms with Gasteiger partial charge >= 0.3 is 0 Å². The molecule has 4 rings (SSSR count). The van der Waals surface area contributed by atoms with Crippen LogP contribution in [0.5, 0.6) is 0 Å². The van der Waals surface area contributed by atoms with Crippen LogP contribution in [-0.4, -0.2) is 19.0 Å². The molecule has 3 heteroatoms. The Labute approximate surface area is 189 Å². The maximum absolute atomic E-state index is 4.30. The molecule has 1 aliphatic heterocycles. The van der Waals surface area contributed by atoms with Crippen LogP contribution < -0.4 is 10.2 Å². The third-order valence-corrected chi connectivity index (χ3v) is 14.4. The van der Waals surface area contributed by atoms with E-state index >= 15 is 0 Å². The predicted octanol–water partition coefficient (Wildman–Crippen LogP) is 6.89. The molecule has 6 atom stereocenters. The Morgan fingerprint density at radius 3 is 2.23 bits per heavy atom. The third kappa shape index (κ3) is 3.61. The first-order valence-corrected chi connectivity index (χ1v) is 15.1. The van der Waals surface area contributed by atoms with E-state index in [2.05, 4.69) is 120 Å². The van der Waals surface area contributed by atoms with E-state index in [1.54, 1.807) is 16.3 Å². The van der Waals surface area contributed by atoms with Gasteiger partial charge in [-0.15, -0.1) is 11.8 Å². The van der Waals surface area contributed by atoms with Crippen LogP contribution in [0.3, 0.4) is 0 Å². The summed E-state index contributed by atoms with van der Waals surface area (Å²) in [6.07, 6.45) is 0. The summed E-state index contributed by atoms with van der Waals surface area (Å²) in [5.74, 6) is 2.67. The Morgan fingerprint density at radius 2 is 1.57 bits per heavy atom. The fraction of sp³-hybridized carbons (Fsp3) is 0.556. The highest BCUT2D eigenvalue weighted by molar-refractivity contribution is 8.00. The minimum absolute atomic E-state index is 0.0994. The molecule has 0 spiro atoms. The molecule has 0 saturated heterocycles. The summed E-state index contributed by atoms with van der Waals surface area (Å²) in [4.78, 5) is 5.83. The van der Waals surface area contributed by atoms with E-state index in [1.807, 2.05) is 0 Å². The largest absolute Gasteiger partial charge is 0.329 e. The summed E-state index contributed by atoms with van der Waals surface area (Å²) in [5.41, 5.74) is 3.96. The van der Waals surface area contributed by atoms with Crippen molar-refractivity contribution in [2.24, 2.45) is 11.8 Å². The minimum Gasteiger partial charge on any atom is -0.329 e. The van der Waals surface area contributed by atoms with Crippen molar-refractivity contribution < 1.29 is 0 Å². The molecular formula is C27H39NSSi. The highest BCUT2D eigenvalue weighted by atomic mass is 32.2. The van der Waals surface area contributed by atoms with Gasteiger partial charge in [-0.2, -0.15) is 0 Å². The fourth-order valence-electron chi connectivity index (χ4n) is 6.53. The van der Waals surface area contributed by atoms with E-state index in [1.165, 1.54) is 4.90 Å². The van der Waals surface area contributed by atoms with E-state index in [9.17, 15) is 0 Å². The molecule has 1 heterocycles. The van der Waals surface area contributed by atoms with Crippen molar-refractivity contribution in [3.8, 4) is 0 Å². The van der Waals surface area contributed by atoms with Crippen molar-refractivity contribution in [3.63, 3.8) is 0 Å². The van der Waals surface area contributed by atoms with Gasteiger partial charge in [0.2, 0.25) is 0 Å². The van der Waals surface area contributed by atoms with Gasteiger partial charge in [-0.25, -0.2) is 0 Å². The molecule has 2 aliphatic rings. The lowest BCUT2D eigenvalue weighted by atomic mass is 9.87. The number of nitrogens with one attached hydrogen (secondary N) is 1. The quantitative estimate of drug-likeness (QED) is 0.522. The zero-order valence-corrected chi connectivity index (χ0v) is 21.8. The Kier molecular flexibility index (Phi) is 5.79. The smallest absolute Gasteiger partial charge is 0.159 e. The fourth-order valence-corrected chi connectivity index (χ4v) is 15.1. The SMILES string of the molecule is CC(C)c1ccccc1[Si](C)(NC(C)(C)C)C1C(C)C(C)C2c3ccccc3SC21. The van der Waals surface area contributed by atoms with Crippen LogP contribution >= 0.6 is 11.8 Å². The highest BCUT2D eigenvalue weighted by Gasteiger charge is 2.59. The van der Waals surface area contributed by atoms with Gasteiger partial charge in [-0.3, -0.25) is 0 Å². The zero-order valence-electron chi connectivity index (χ0n) is 20.0. The zero-order chi connectivity index (χ0) is 21.8. The van der Waals surface area contributed by atoms with Gasteiger partial charge in [-0.1, -0.05) is 76.7 Å². The molecule has 162 valence electrons. The lowest BCUT2D eigenvalue weighted by molar-refractivity contribution is 0.414. The first-order chi connectivity index (χ1) is 14.0. The number of hydrogen-bond acceptors (Lipinski definition) is 2. The maximum Gasteiger partial charge on any atom is 0.159 e. The molecule has 1 saturated carbocycles. The predicted molar refractivity (Wildman–Crippen MR) is 136 cm³/mol. The summed E-state index contributed by atoms with van der Waals surface area (Å²) >= 11 is 2.18. The normalized spacial score (nSPS) is 30.2. The van der Waals surface area contributed by atoms with E-state index in [-0.39, 0.29) is 5.54 Å². The van der Waals surface area contributed by atoms with Gasteiger partial charge in [0.1, 0.15) is 0 Å². The summed E-state index contributed by atoms with van der Waals surface area (Å²) in [7, 11) is -2.04. The van der Waals surface area contributed by atoms with Gasteiger partial charge < -0.3 is 4.98 Å². The van der Waals surface area contributed by atoms with Crippen molar-refractivity contribution in [1.29, 1.82) is 0 Å². The first-order valence-electron chi connectivity index (χ1n) is 11.7. The Bertz CT molecular complexity index is 917. The van der Waals surface area contributed by atoms with Crippen LogP contribution in [0.25, 0.3) is 0 Å². The molecule has 0 bridgehead atoms. The molecule has 30 heavy (non-hydrogen) atoms. The number of rotatable bonds is 4. The molecule has 0 aromatic heterocycles. The van der Waals surface area contributed by atoms with Gasteiger partial charge in [0.15, 0.2) is 8.24 Å². The maximum atomic E-state index is 4.30. The summed E-state index contributed by atoms with van der Waals surface area (Å²) in [6.45, 7) is 19.5. The monoisotopic (exact) mass is 437 g/mol. The summed E-state index contributed by atoms with van der Waals surface area (Å²) in [5, 5.41) is 2.32. The second-order valence-corrected chi connectivity index (χ2v) is 16.3. The molecule has 1 aliphatic carbocycles. The average molecular weight is 438 g/mol. The summed E-state index contributed by atoms with van der Waals surface area (Å²) < 4.78 is 0. The van der Waals surface area contributed by atoms with E-state index in [0.717, 1.165) is 5.92 Å². The highest BCUT2D eigenvalue weighted by Crippen LogP contribution is 2.64. The van der Waals surface area contributed by atoms with Crippen LogP contribution in [0.2, 0.25) is 12.1 Å². The Morgan fingerprint density at radius 1 is 0.933 bits per heavy atom. The molecule has 0 radical (unpaired) electrons. The van der Waals surface area contributed by atoms with E-state index in [0.29, 0.717) is 28.5 Å². The lowest BCUT2D eigenvalue weighted by Gasteiger charge is -2.45. The van der Waals surface area contributed by atoms with Gasteiger partial charge in [0.05, 0.1) is 0 Å². The molecule has 2 aromatic carbocycles.